The highest BCUT2D eigenvalue weighted by Crippen LogP contribution is 2.11. The van der Waals surface area contributed by atoms with E-state index < -0.39 is 0 Å². The van der Waals surface area contributed by atoms with Crippen molar-refractivity contribution in [1.29, 1.82) is 0 Å². The number of amides is 2. The molecule has 0 aliphatic heterocycles. The van der Waals surface area contributed by atoms with Gasteiger partial charge in [0, 0.05) is 24.3 Å². The van der Waals surface area contributed by atoms with Crippen molar-refractivity contribution in [3.8, 4) is 5.75 Å². The first-order chi connectivity index (χ1) is 13.1. The lowest BCUT2D eigenvalue weighted by molar-refractivity contribution is -0.119. The second-order valence-corrected chi connectivity index (χ2v) is 6.17. The smallest absolute Gasteiger partial charge is 0.251 e. The van der Waals surface area contributed by atoms with E-state index in [0.717, 1.165) is 29.8 Å². The fourth-order valence-corrected chi connectivity index (χ4v) is 2.41. The van der Waals surface area contributed by atoms with Crippen LogP contribution in [0.1, 0.15) is 35.7 Å². The highest BCUT2D eigenvalue weighted by Gasteiger charge is 2.05. The van der Waals surface area contributed by atoms with Crippen molar-refractivity contribution in [2.75, 3.05) is 25.5 Å². The van der Waals surface area contributed by atoms with Gasteiger partial charge in [0.1, 0.15) is 5.75 Å². The van der Waals surface area contributed by atoms with Crippen molar-refractivity contribution in [2.45, 2.75) is 26.3 Å². The van der Waals surface area contributed by atoms with Gasteiger partial charge in [0.25, 0.3) is 5.91 Å². The molecule has 0 fully saturated rings. The monoisotopic (exact) mass is 369 g/mol. The average Bonchev–Trinajstić information content (AvgIpc) is 2.71. The predicted octanol–water partition coefficient (Wildman–Crippen LogP) is 2.95. The van der Waals surface area contributed by atoms with E-state index in [-0.39, 0.29) is 18.4 Å². The SMILES string of the molecule is CCCCNC(=O)c1ccc(NCC(=O)NCc2ccc(OC)cc2)cc1. The number of methoxy groups -OCH3 is 1. The molecule has 27 heavy (non-hydrogen) atoms. The number of rotatable bonds is 10. The number of hydrogen-bond donors (Lipinski definition) is 3. The second kappa shape index (κ2) is 10.9. The molecule has 3 N–H and O–H groups in total. The van der Waals surface area contributed by atoms with Gasteiger partial charge in [0.05, 0.1) is 13.7 Å². The molecule has 0 aliphatic carbocycles. The molecule has 2 aromatic rings. The molecule has 0 unspecified atom stereocenters. The quantitative estimate of drug-likeness (QED) is 0.563. The van der Waals surface area contributed by atoms with Crippen LogP contribution in [0.3, 0.4) is 0 Å². The number of hydrogen-bond acceptors (Lipinski definition) is 4. The van der Waals surface area contributed by atoms with Crippen molar-refractivity contribution in [2.24, 2.45) is 0 Å². The van der Waals surface area contributed by atoms with Crippen LogP contribution in [0.5, 0.6) is 5.75 Å². The minimum Gasteiger partial charge on any atom is -0.497 e. The molecule has 0 spiro atoms. The summed E-state index contributed by atoms with van der Waals surface area (Å²) in [6.45, 7) is 3.39. The second-order valence-electron chi connectivity index (χ2n) is 6.17. The predicted molar refractivity (Wildman–Crippen MR) is 107 cm³/mol. The van der Waals surface area contributed by atoms with Gasteiger partial charge < -0.3 is 20.7 Å². The lowest BCUT2D eigenvalue weighted by Crippen LogP contribution is -2.29. The van der Waals surface area contributed by atoms with Gasteiger partial charge in [-0.15, -0.1) is 0 Å². The third-order valence-corrected chi connectivity index (χ3v) is 4.06. The minimum absolute atomic E-state index is 0.0766. The molecule has 0 bridgehead atoms. The summed E-state index contributed by atoms with van der Waals surface area (Å²) in [6, 6.07) is 14.6. The van der Waals surface area contributed by atoms with E-state index in [0.29, 0.717) is 18.7 Å². The van der Waals surface area contributed by atoms with Crippen molar-refractivity contribution >= 4 is 17.5 Å². The summed E-state index contributed by atoms with van der Waals surface area (Å²) in [5.74, 6) is 0.605. The van der Waals surface area contributed by atoms with Crippen molar-refractivity contribution < 1.29 is 14.3 Å². The van der Waals surface area contributed by atoms with Crippen LogP contribution >= 0.6 is 0 Å². The van der Waals surface area contributed by atoms with E-state index in [2.05, 4.69) is 22.9 Å². The summed E-state index contributed by atoms with van der Waals surface area (Å²) in [4.78, 5) is 23.9. The fourth-order valence-electron chi connectivity index (χ4n) is 2.41. The lowest BCUT2D eigenvalue weighted by atomic mass is 10.2. The van der Waals surface area contributed by atoms with E-state index >= 15 is 0 Å². The van der Waals surface area contributed by atoms with Gasteiger partial charge >= 0.3 is 0 Å². The summed E-state index contributed by atoms with van der Waals surface area (Å²) >= 11 is 0. The van der Waals surface area contributed by atoms with Gasteiger partial charge in [0.2, 0.25) is 5.91 Å². The molecule has 0 aliphatic rings. The Morgan fingerprint density at radius 1 is 0.963 bits per heavy atom. The zero-order valence-corrected chi connectivity index (χ0v) is 15.9. The molecule has 0 aromatic heterocycles. The fraction of sp³-hybridized carbons (Fsp3) is 0.333. The Morgan fingerprint density at radius 2 is 1.67 bits per heavy atom. The molecule has 0 heterocycles. The molecule has 0 radical (unpaired) electrons. The van der Waals surface area contributed by atoms with E-state index in [1.54, 1.807) is 31.4 Å². The summed E-state index contributed by atoms with van der Waals surface area (Å²) in [6.07, 6.45) is 2.01. The number of carbonyl (C=O) groups is 2. The van der Waals surface area contributed by atoms with Gasteiger partial charge in [-0.2, -0.15) is 0 Å². The summed E-state index contributed by atoms with van der Waals surface area (Å²) in [7, 11) is 1.62. The van der Waals surface area contributed by atoms with Gasteiger partial charge in [0.15, 0.2) is 0 Å². The average molecular weight is 369 g/mol. The maximum Gasteiger partial charge on any atom is 0.251 e. The Balaban J connectivity index is 1.73. The molecule has 6 heteroatoms. The van der Waals surface area contributed by atoms with E-state index in [1.807, 2.05) is 24.3 Å². The van der Waals surface area contributed by atoms with Crippen molar-refractivity contribution in [3.63, 3.8) is 0 Å². The van der Waals surface area contributed by atoms with Crippen LogP contribution in [-0.2, 0) is 11.3 Å². The van der Waals surface area contributed by atoms with Crippen LogP contribution < -0.4 is 20.7 Å². The first-order valence-electron chi connectivity index (χ1n) is 9.14. The molecule has 6 nitrogen and oxygen atoms in total. The van der Waals surface area contributed by atoms with Gasteiger partial charge in [-0.1, -0.05) is 25.5 Å². The maximum absolute atomic E-state index is 12.0. The van der Waals surface area contributed by atoms with Crippen LogP contribution in [0.4, 0.5) is 5.69 Å². The summed E-state index contributed by atoms with van der Waals surface area (Å²) in [5, 5.41) is 8.79. The third-order valence-electron chi connectivity index (χ3n) is 4.06. The van der Waals surface area contributed by atoms with Gasteiger partial charge in [-0.3, -0.25) is 9.59 Å². The Labute approximate surface area is 160 Å². The lowest BCUT2D eigenvalue weighted by Gasteiger charge is -2.09. The third kappa shape index (κ3) is 7.01. The van der Waals surface area contributed by atoms with E-state index in [1.165, 1.54) is 0 Å². The Kier molecular flexibility index (Phi) is 8.16. The zero-order chi connectivity index (χ0) is 19.5. The van der Waals surface area contributed by atoms with Crippen LogP contribution in [0, 0.1) is 0 Å². The first kappa shape index (κ1) is 20.3. The minimum atomic E-state index is -0.104. The number of anilines is 1. The highest BCUT2D eigenvalue weighted by atomic mass is 16.5. The van der Waals surface area contributed by atoms with E-state index in [9.17, 15) is 9.59 Å². The topological polar surface area (TPSA) is 79.5 Å². The Hall–Kier alpha value is -3.02. The molecule has 144 valence electrons. The number of ether oxygens (including phenoxy) is 1. The number of benzene rings is 2. The molecule has 2 amide bonds. The normalized spacial score (nSPS) is 10.1. The zero-order valence-electron chi connectivity index (χ0n) is 15.9. The molecule has 2 rings (SSSR count). The molecule has 0 saturated carbocycles. The van der Waals surface area contributed by atoms with Crippen LogP contribution in [0.2, 0.25) is 0 Å². The first-order valence-corrected chi connectivity index (χ1v) is 9.14. The van der Waals surface area contributed by atoms with Crippen molar-refractivity contribution in [1.82, 2.24) is 10.6 Å². The molecular weight excluding hydrogens is 342 g/mol. The Morgan fingerprint density at radius 3 is 2.30 bits per heavy atom. The summed E-state index contributed by atoms with van der Waals surface area (Å²) in [5.41, 5.74) is 2.41. The van der Waals surface area contributed by atoms with Gasteiger partial charge in [-0.05, 0) is 48.4 Å². The van der Waals surface area contributed by atoms with Crippen LogP contribution in [0.15, 0.2) is 48.5 Å². The molecule has 0 atom stereocenters. The highest BCUT2D eigenvalue weighted by molar-refractivity contribution is 5.94. The van der Waals surface area contributed by atoms with Crippen molar-refractivity contribution in [3.05, 3.63) is 59.7 Å². The van der Waals surface area contributed by atoms with Gasteiger partial charge in [-0.25, -0.2) is 0 Å². The molecule has 2 aromatic carbocycles. The maximum atomic E-state index is 12.0. The largest absolute Gasteiger partial charge is 0.497 e. The molecular formula is C21H27N3O3. The standard InChI is InChI=1S/C21H27N3O3/c1-3-4-13-22-21(26)17-7-9-18(10-8-17)23-15-20(25)24-14-16-5-11-19(27-2)12-6-16/h5-12,23H,3-4,13-15H2,1-2H3,(H,22,26)(H,24,25). The van der Waals surface area contributed by atoms with Crippen LogP contribution in [0.25, 0.3) is 0 Å². The number of carbonyl (C=O) groups excluding carboxylic acids is 2. The summed E-state index contributed by atoms with van der Waals surface area (Å²) < 4.78 is 5.11. The number of nitrogens with one attached hydrogen (secondary N) is 3. The number of unbranched alkanes of at least 4 members (excludes halogenated alkanes) is 1. The van der Waals surface area contributed by atoms with Crippen LogP contribution in [-0.4, -0.2) is 32.0 Å². The molecule has 0 saturated heterocycles. The van der Waals surface area contributed by atoms with E-state index in [4.69, 9.17) is 4.74 Å². The Bertz CT molecular complexity index is 727.